The zero-order chi connectivity index (χ0) is 19.6. The standard InChI is InChI=1S/C20H30N4O3/c1-3-11-21-20(27)24-18(25)13-22-17-10-9-15(12-14(17)2)19(26)23-16-7-5-4-6-8-16/h9-10,12,16,22H,3-8,11,13H2,1-2H3,(H,23,26)(H2,21,24,25,27). The van der Waals surface area contributed by atoms with Crippen molar-refractivity contribution < 1.29 is 14.4 Å². The van der Waals surface area contributed by atoms with Crippen LogP contribution in [-0.2, 0) is 4.79 Å². The van der Waals surface area contributed by atoms with Crippen LogP contribution < -0.4 is 21.3 Å². The van der Waals surface area contributed by atoms with Crippen LogP contribution in [0.5, 0.6) is 0 Å². The summed E-state index contributed by atoms with van der Waals surface area (Å²) in [5, 5.41) is 10.9. The molecule has 0 aliphatic heterocycles. The maximum Gasteiger partial charge on any atom is 0.321 e. The van der Waals surface area contributed by atoms with E-state index in [1.807, 2.05) is 19.9 Å². The number of aryl methyl sites for hydroxylation is 1. The summed E-state index contributed by atoms with van der Waals surface area (Å²) in [5.74, 6) is -0.469. The first-order valence-electron chi connectivity index (χ1n) is 9.72. The number of imide groups is 1. The number of rotatable bonds is 7. The van der Waals surface area contributed by atoms with E-state index in [0.29, 0.717) is 12.1 Å². The van der Waals surface area contributed by atoms with E-state index in [2.05, 4.69) is 21.3 Å². The monoisotopic (exact) mass is 374 g/mol. The minimum atomic E-state index is -0.491. The summed E-state index contributed by atoms with van der Waals surface area (Å²) in [6.07, 6.45) is 6.49. The summed E-state index contributed by atoms with van der Waals surface area (Å²) >= 11 is 0. The summed E-state index contributed by atoms with van der Waals surface area (Å²) in [5.41, 5.74) is 2.25. The highest BCUT2D eigenvalue weighted by atomic mass is 16.2. The van der Waals surface area contributed by atoms with Crippen molar-refractivity contribution in [3.05, 3.63) is 29.3 Å². The van der Waals surface area contributed by atoms with Crippen molar-refractivity contribution in [2.24, 2.45) is 0 Å². The molecule has 0 unspecified atom stereocenters. The molecule has 0 heterocycles. The predicted molar refractivity (Wildman–Crippen MR) is 106 cm³/mol. The lowest BCUT2D eigenvalue weighted by atomic mass is 9.95. The summed E-state index contributed by atoms with van der Waals surface area (Å²) in [6, 6.07) is 5.13. The van der Waals surface area contributed by atoms with Crippen molar-refractivity contribution >= 4 is 23.5 Å². The van der Waals surface area contributed by atoms with E-state index in [1.54, 1.807) is 12.1 Å². The number of anilines is 1. The smallest absolute Gasteiger partial charge is 0.321 e. The van der Waals surface area contributed by atoms with Crippen LogP contribution in [-0.4, -0.2) is 37.0 Å². The molecule has 0 radical (unpaired) electrons. The van der Waals surface area contributed by atoms with Gasteiger partial charge in [0.15, 0.2) is 0 Å². The van der Waals surface area contributed by atoms with E-state index in [1.165, 1.54) is 19.3 Å². The highest BCUT2D eigenvalue weighted by molar-refractivity contribution is 5.97. The quantitative estimate of drug-likeness (QED) is 0.590. The zero-order valence-electron chi connectivity index (χ0n) is 16.2. The topological polar surface area (TPSA) is 99.3 Å². The van der Waals surface area contributed by atoms with Gasteiger partial charge in [-0.05, 0) is 49.9 Å². The molecule has 0 saturated heterocycles. The fourth-order valence-electron chi connectivity index (χ4n) is 3.15. The van der Waals surface area contributed by atoms with Crippen LogP contribution in [0.3, 0.4) is 0 Å². The molecule has 1 saturated carbocycles. The molecule has 1 aliphatic rings. The average molecular weight is 374 g/mol. The summed E-state index contributed by atoms with van der Waals surface area (Å²) in [7, 11) is 0. The van der Waals surface area contributed by atoms with Gasteiger partial charge in [0.25, 0.3) is 5.91 Å². The number of carbonyl (C=O) groups is 3. The van der Waals surface area contributed by atoms with E-state index in [9.17, 15) is 14.4 Å². The van der Waals surface area contributed by atoms with Gasteiger partial charge in [0.05, 0.1) is 6.54 Å². The first kappa shape index (κ1) is 20.7. The summed E-state index contributed by atoms with van der Waals surface area (Å²) < 4.78 is 0. The van der Waals surface area contributed by atoms with Crippen molar-refractivity contribution in [2.45, 2.75) is 58.4 Å². The van der Waals surface area contributed by atoms with E-state index in [-0.39, 0.29) is 18.5 Å². The molecular formula is C20H30N4O3. The molecular weight excluding hydrogens is 344 g/mol. The molecule has 0 bridgehead atoms. The SMILES string of the molecule is CCCNC(=O)NC(=O)CNc1ccc(C(=O)NC2CCCCC2)cc1C. The number of amides is 4. The molecule has 2 rings (SSSR count). The Kier molecular flexibility index (Phi) is 8.10. The van der Waals surface area contributed by atoms with Gasteiger partial charge in [-0.25, -0.2) is 4.79 Å². The maximum absolute atomic E-state index is 12.4. The van der Waals surface area contributed by atoms with Crippen LogP contribution >= 0.6 is 0 Å². The maximum atomic E-state index is 12.4. The second kappa shape index (κ2) is 10.5. The van der Waals surface area contributed by atoms with Gasteiger partial charge in [-0.15, -0.1) is 0 Å². The molecule has 148 valence electrons. The van der Waals surface area contributed by atoms with Crippen molar-refractivity contribution in [3.8, 4) is 0 Å². The summed E-state index contributed by atoms with van der Waals surface area (Å²) in [4.78, 5) is 35.7. The second-order valence-electron chi connectivity index (χ2n) is 7.00. The lowest BCUT2D eigenvalue weighted by Gasteiger charge is -2.23. The van der Waals surface area contributed by atoms with Crippen molar-refractivity contribution in [2.75, 3.05) is 18.4 Å². The molecule has 4 amide bonds. The van der Waals surface area contributed by atoms with Gasteiger partial charge in [0.1, 0.15) is 0 Å². The second-order valence-corrected chi connectivity index (χ2v) is 7.00. The number of nitrogens with one attached hydrogen (secondary N) is 4. The molecule has 1 aliphatic carbocycles. The van der Waals surface area contributed by atoms with Gasteiger partial charge in [0.2, 0.25) is 5.91 Å². The Hall–Kier alpha value is -2.57. The molecule has 0 atom stereocenters. The fourth-order valence-corrected chi connectivity index (χ4v) is 3.15. The minimum absolute atomic E-state index is 0.0198. The van der Waals surface area contributed by atoms with Crippen LogP contribution in [0.2, 0.25) is 0 Å². The van der Waals surface area contributed by atoms with E-state index in [4.69, 9.17) is 0 Å². The number of urea groups is 1. The molecule has 4 N–H and O–H groups in total. The van der Waals surface area contributed by atoms with Crippen molar-refractivity contribution in [1.82, 2.24) is 16.0 Å². The van der Waals surface area contributed by atoms with Gasteiger partial charge in [0, 0.05) is 23.8 Å². The highest BCUT2D eigenvalue weighted by Gasteiger charge is 2.17. The average Bonchev–Trinajstić information content (AvgIpc) is 2.66. The zero-order valence-corrected chi connectivity index (χ0v) is 16.2. The molecule has 7 nitrogen and oxygen atoms in total. The van der Waals surface area contributed by atoms with Crippen LogP contribution in [0.25, 0.3) is 0 Å². The Morgan fingerprint density at radius 2 is 1.85 bits per heavy atom. The van der Waals surface area contributed by atoms with Gasteiger partial charge in [-0.1, -0.05) is 26.2 Å². The number of benzene rings is 1. The molecule has 1 fully saturated rings. The third-order valence-corrected chi connectivity index (χ3v) is 4.66. The number of hydrogen-bond acceptors (Lipinski definition) is 4. The van der Waals surface area contributed by atoms with E-state index < -0.39 is 11.9 Å². The molecule has 1 aromatic rings. The van der Waals surface area contributed by atoms with Gasteiger partial charge < -0.3 is 16.0 Å². The normalized spacial score (nSPS) is 14.3. The molecule has 1 aromatic carbocycles. The third kappa shape index (κ3) is 6.92. The number of hydrogen-bond donors (Lipinski definition) is 4. The first-order chi connectivity index (χ1) is 13.0. The fraction of sp³-hybridized carbons (Fsp3) is 0.550. The number of carbonyl (C=O) groups excluding carboxylic acids is 3. The molecule has 27 heavy (non-hydrogen) atoms. The molecule has 0 spiro atoms. The lowest BCUT2D eigenvalue weighted by Crippen LogP contribution is -2.42. The third-order valence-electron chi connectivity index (χ3n) is 4.66. The first-order valence-corrected chi connectivity index (χ1v) is 9.72. The van der Waals surface area contributed by atoms with E-state index in [0.717, 1.165) is 30.5 Å². The van der Waals surface area contributed by atoms with Gasteiger partial charge >= 0.3 is 6.03 Å². The Morgan fingerprint density at radius 3 is 2.52 bits per heavy atom. The van der Waals surface area contributed by atoms with Crippen LogP contribution in [0, 0.1) is 6.92 Å². The Labute approximate surface area is 160 Å². The Morgan fingerprint density at radius 1 is 1.11 bits per heavy atom. The van der Waals surface area contributed by atoms with Gasteiger partial charge in [-0.3, -0.25) is 14.9 Å². The van der Waals surface area contributed by atoms with Crippen molar-refractivity contribution in [3.63, 3.8) is 0 Å². The van der Waals surface area contributed by atoms with Crippen LogP contribution in [0.4, 0.5) is 10.5 Å². The molecule has 7 heteroatoms. The van der Waals surface area contributed by atoms with E-state index >= 15 is 0 Å². The van der Waals surface area contributed by atoms with Crippen LogP contribution in [0.1, 0.15) is 61.4 Å². The Balaban J connectivity index is 1.83. The lowest BCUT2D eigenvalue weighted by molar-refractivity contribution is -0.118. The van der Waals surface area contributed by atoms with Crippen LogP contribution in [0.15, 0.2) is 18.2 Å². The largest absolute Gasteiger partial charge is 0.376 e. The summed E-state index contributed by atoms with van der Waals surface area (Å²) in [6.45, 7) is 4.32. The van der Waals surface area contributed by atoms with Gasteiger partial charge in [-0.2, -0.15) is 0 Å². The molecule has 0 aromatic heterocycles. The Bertz CT molecular complexity index is 669. The predicted octanol–water partition coefficient (Wildman–Crippen LogP) is 2.71. The van der Waals surface area contributed by atoms with Crippen molar-refractivity contribution in [1.29, 1.82) is 0 Å². The highest BCUT2D eigenvalue weighted by Crippen LogP contribution is 2.19. The minimum Gasteiger partial charge on any atom is -0.376 e.